The number of sulfonamides is 1. The standard InChI is InChI=1S/C24H18N6O3S/c25-12-15-1-3-16(4-2-15)20-14-26-10-9-21(20)29-24(31)23-27-13-17-5-6-18(11-22(17)28-23)30-34(32,33)19-7-8-19/h1-6,9-11,13-14,19,30H,7-8H2,(H,26,29,31). The molecule has 0 aliphatic heterocycles. The molecule has 0 bridgehead atoms. The first-order valence-electron chi connectivity index (χ1n) is 10.5. The van der Waals surface area contributed by atoms with Gasteiger partial charge < -0.3 is 5.32 Å². The van der Waals surface area contributed by atoms with Crippen LogP contribution in [-0.2, 0) is 10.0 Å². The van der Waals surface area contributed by atoms with Gasteiger partial charge >= 0.3 is 0 Å². The highest BCUT2D eigenvalue weighted by atomic mass is 32.2. The summed E-state index contributed by atoms with van der Waals surface area (Å²) in [6.07, 6.45) is 6.02. The number of nitrogens with zero attached hydrogens (tertiary/aromatic N) is 4. The molecule has 0 unspecified atom stereocenters. The number of pyridine rings is 1. The van der Waals surface area contributed by atoms with Gasteiger partial charge in [-0.15, -0.1) is 0 Å². The van der Waals surface area contributed by atoms with Crippen molar-refractivity contribution in [2.45, 2.75) is 18.1 Å². The SMILES string of the molecule is N#Cc1ccc(-c2cnccc2NC(=O)c2ncc3ccc(NS(=O)(=O)C4CC4)cc3n2)cc1. The second-order valence-electron chi connectivity index (χ2n) is 7.88. The van der Waals surface area contributed by atoms with Crippen LogP contribution in [0.2, 0.25) is 0 Å². The first-order chi connectivity index (χ1) is 16.4. The van der Waals surface area contributed by atoms with Gasteiger partial charge in [0.25, 0.3) is 5.91 Å². The zero-order chi connectivity index (χ0) is 23.7. The summed E-state index contributed by atoms with van der Waals surface area (Å²) in [6.45, 7) is 0. The highest BCUT2D eigenvalue weighted by Gasteiger charge is 2.35. The number of anilines is 2. The predicted molar refractivity (Wildman–Crippen MR) is 127 cm³/mol. The van der Waals surface area contributed by atoms with Crippen molar-refractivity contribution in [2.75, 3.05) is 10.0 Å². The molecular formula is C24H18N6O3S. The quantitative estimate of drug-likeness (QED) is 0.438. The number of amides is 1. The minimum absolute atomic E-state index is 0.0581. The Morgan fingerprint density at radius 2 is 1.85 bits per heavy atom. The summed E-state index contributed by atoms with van der Waals surface area (Å²) >= 11 is 0. The Morgan fingerprint density at radius 1 is 1.06 bits per heavy atom. The van der Waals surface area contributed by atoms with Crippen LogP contribution in [0.15, 0.2) is 67.1 Å². The van der Waals surface area contributed by atoms with Crippen molar-refractivity contribution in [1.82, 2.24) is 15.0 Å². The maximum Gasteiger partial charge on any atom is 0.293 e. The van der Waals surface area contributed by atoms with Gasteiger partial charge in [0, 0.05) is 29.5 Å². The highest BCUT2D eigenvalue weighted by molar-refractivity contribution is 7.93. The monoisotopic (exact) mass is 470 g/mol. The van der Waals surface area contributed by atoms with Crippen molar-refractivity contribution in [2.24, 2.45) is 0 Å². The van der Waals surface area contributed by atoms with E-state index in [2.05, 4.69) is 31.1 Å². The van der Waals surface area contributed by atoms with Gasteiger partial charge in [-0.3, -0.25) is 14.5 Å². The van der Waals surface area contributed by atoms with Crippen LogP contribution in [0.3, 0.4) is 0 Å². The summed E-state index contributed by atoms with van der Waals surface area (Å²) in [6, 6.07) is 15.6. The number of carbonyl (C=O) groups excluding carboxylic acids is 1. The molecule has 2 heterocycles. The lowest BCUT2D eigenvalue weighted by Crippen LogP contribution is -2.17. The van der Waals surface area contributed by atoms with Crippen LogP contribution in [0.1, 0.15) is 29.0 Å². The van der Waals surface area contributed by atoms with Crippen LogP contribution >= 0.6 is 0 Å². The fraction of sp³-hybridized carbons (Fsp3) is 0.125. The Labute approximate surface area is 195 Å². The van der Waals surface area contributed by atoms with Crippen LogP contribution in [0.25, 0.3) is 22.0 Å². The molecule has 1 amide bonds. The summed E-state index contributed by atoms with van der Waals surface area (Å²) in [4.78, 5) is 25.6. The number of hydrogen-bond acceptors (Lipinski definition) is 7. The van der Waals surface area contributed by atoms with Crippen molar-refractivity contribution >= 4 is 38.2 Å². The summed E-state index contributed by atoms with van der Waals surface area (Å²) in [7, 11) is -3.41. The summed E-state index contributed by atoms with van der Waals surface area (Å²) in [5, 5.41) is 12.1. The van der Waals surface area contributed by atoms with Gasteiger partial charge in [-0.25, -0.2) is 18.4 Å². The smallest absolute Gasteiger partial charge is 0.293 e. The Bertz CT molecular complexity index is 1560. The van der Waals surface area contributed by atoms with Gasteiger partial charge in [-0.1, -0.05) is 12.1 Å². The Balaban J connectivity index is 1.41. The van der Waals surface area contributed by atoms with Crippen LogP contribution < -0.4 is 10.0 Å². The number of nitriles is 1. The van der Waals surface area contributed by atoms with Crippen molar-refractivity contribution < 1.29 is 13.2 Å². The molecule has 10 heteroatoms. The Kier molecular flexibility index (Phi) is 5.39. The fourth-order valence-electron chi connectivity index (χ4n) is 3.46. The molecule has 9 nitrogen and oxygen atoms in total. The first-order valence-corrected chi connectivity index (χ1v) is 12.0. The van der Waals surface area contributed by atoms with Crippen molar-refractivity contribution in [3.05, 3.63) is 78.5 Å². The lowest BCUT2D eigenvalue weighted by molar-refractivity contribution is 0.101. The van der Waals surface area contributed by atoms with Crippen molar-refractivity contribution in [3.63, 3.8) is 0 Å². The molecule has 2 aromatic heterocycles. The second-order valence-corrected chi connectivity index (χ2v) is 9.84. The van der Waals surface area contributed by atoms with Crippen LogP contribution in [0, 0.1) is 11.3 Å². The lowest BCUT2D eigenvalue weighted by atomic mass is 10.0. The molecule has 1 fully saturated rings. The van der Waals surface area contributed by atoms with Crippen molar-refractivity contribution in [3.8, 4) is 17.2 Å². The first kappa shape index (κ1) is 21.5. The van der Waals surface area contributed by atoms with E-state index in [-0.39, 0.29) is 11.1 Å². The topological polar surface area (TPSA) is 138 Å². The molecular weight excluding hydrogens is 452 g/mol. The molecule has 0 spiro atoms. The van der Waals surface area contributed by atoms with E-state index in [9.17, 15) is 13.2 Å². The lowest BCUT2D eigenvalue weighted by Gasteiger charge is -2.11. The largest absolute Gasteiger partial charge is 0.319 e. The summed E-state index contributed by atoms with van der Waals surface area (Å²) in [5.74, 6) is -0.579. The minimum Gasteiger partial charge on any atom is -0.319 e. The molecule has 2 N–H and O–H groups in total. The molecule has 5 rings (SSSR count). The average molecular weight is 471 g/mol. The number of fused-ring (bicyclic) bond motifs is 1. The number of aromatic nitrogens is 3. The van der Waals surface area contributed by atoms with Gasteiger partial charge in [0.2, 0.25) is 15.8 Å². The van der Waals surface area contributed by atoms with Crippen molar-refractivity contribution in [1.29, 1.82) is 5.26 Å². The molecule has 0 radical (unpaired) electrons. The van der Waals surface area contributed by atoms with E-state index in [1.807, 2.05) is 0 Å². The predicted octanol–water partition coefficient (Wildman–Crippen LogP) is 3.72. The molecule has 34 heavy (non-hydrogen) atoms. The molecule has 0 atom stereocenters. The number of nitrogens with one attached hydrogen (secondary N) is 2. The van der Waals surface area contributed by atoms with E-state index in [4.69, 9.17) is 5.26 Å². The maximum atomic E-state index is 12.9. The zero-order valence-corrected chi connectivity index (χ0v) is 18.6. The third-order valence-corrected chi connectivity index (χ3v) is 7.27. The third kappa shape index (κ3) is 4.42. The van der Waals surface area contributed by atoms with Gasteiger partial charge in [0.1, 0.15) is 0 Å². The van der Waals surface area contributed by atoms with Gasteiger partial charge in [-0.05, 0) is 54.8 Å². The molecule has 168 valence electrons. The van der Waals surface area contributed by atoms with Gasteiger partial charge in [-0.2, -0.15) is 5.26 Å². The van der Waals surface area contributed by atoms with Gasteiger partial charge in [0.15, 0.2) is 0 Å². The molecule has 0 saturated heterocycles. The Morgan fingerprint density at radius 3 is 2.59 bits per heavy atom. The summed E-state index contributed by atoms with van der Waals surface area (Å²) in [5.41, 5.74) is 3.34. The summed E-state index contributed by atoms with van der Waals surface area (Å²) < 4.78 is 27.0. The van der Waals surface area contributed by atoms with E-state index in [1.165, 1.54) is 6.20 Å². The maximum absolute atomic E-state index is 12.9. The van der Waals surface area contributed by atoms with E-state index >= 15 is 0 Å². The Hall–Kier alpha value is -4.36. The average Bonchev–Trinajstić information content (AvgIpc) is 3.70. The van der Waals surface area contributed by atoms with E-state index in [0.717, 1.165) is 5.56 Å². The number of benzene rings is 2. The van der Waals surface area contributed by atoms with Gasteiger partial charge in [0.05, 0.1) is 33.8 Å². The van der Waals surface area contributed by atoms with Crippen LogP contribution in [0.4, 0.5) is 11.4 Å². The fourth-order valence-corrected chi connectivity index (χ4v) is 4.84. The van der Waals surface area contributed by atoms with Crippen LogP contribution in [0.5, 0.6) is 0 Å². The molecule has 1 saturated carbocycles. The number of rotatable bonds is 6. The van der Waals surface area contributed by atoms with E-state index in [1.54, 1.807) is 60.9 Å². The minimum atomic E-state index is -3.41. The molecule has 1 aliphatic carbocycles. The second kappa shape index (κ2) is 8.53. The van der Waals surface area contributed by atoms with E-state index in [0.29, 0.717) is 46.2 Å². The van der Waals surface area contributed by atoms with Crippen LogP contribution in [-0.4, -0.2) is 34.5 Å². The normalized spacial score (nSPS) is 13.3. The highest BCUT2D eigenvalue weighted by Crippen LogP contribution is 2.30. The molecule has 1 aliphatic rings. The number of hydrogen-bond donors (Lipinski definition) is 2. The molecule has 4 aromatic rings. The third-order valence-electron chi connectivity index (χ3n) is 5.40. The van der Waals surface area contributed by atoms with E-state index < -0.39 is 15.9 Å². The molecule has 2 aromatic carbocycles. The number of carbonyl (C=O) groups is 1. The zero-order valence-electron chi connectivity index (χ0n) is 17.8.